The molecule has 2 rings (SSSR count). The molecule has 0 spiro atoms. The Labute approximate surface area is 124 Å². The Bertz CT molecular complexity index is 416. The first-order valence-electron chi connectivity index (χ1n) is 7.97. The molecule has 112 valence electrons. The number of hydrogen-bond donors (Lipinski definition) is 1. The van der Waals surface area contributed by atoms with E-state index in [9.17, 15) is 0 Å². The fourth-order valence-corrected chi connectivity index (χ4v) is 2.83. The molecule has 1 aromatic carbocycles. The molecule has 0 aliphatic carbocycles. The average Bonchev–Trinajstić information content (AvgIpc) is 2.41. The molecule has 0 saturated carbocycles. The second-order valence-electron chi connectivity index (χ2n) is 7.24. The van der Waals surface area contributed by atoms with Crippen molar-refractivity contribution < 1.29 is 0 Å². The van der Waals surface area contributed by atoms with Gasteiger partial charge in [-0.2, -0.15) is 0 Å². The van der Waals surface area contributed by atoms with Crippen molar-refractivity contribution >= 4 is 0 Å². The predicted molar refractivity (Wildman–Crippen MR) is 87.1 cm³/mol. The van der Waals surface area contributed by atoms with Crippen LogP contribution in [0.15, 0.2) is 24.3 Å². The molecule has 0 bridgehead atoms. The van der Waals surface area contributed by atoms with Crippen LogP contribution in [-0.2, 0) is 12.0 Å². The summed E-state index contributed by atoms with van der Waals surface area (Å²) in [6, 6.07) is 10.5. The average molecular weight is 274 g/mol. The lowest BCUT2D eigenvalue weighted by atomic mass is 9.86. The zero-order chi connectivity index (χ0) is 14.8. The lowest BCUT2D eigenvalue weighted by Gasteiger charge is -2.38. The van der Waals surface area contributed by atoms with E-state index in [-0.39, 0.29) is 5.41 Å². The van der Waals surface area contributed by atoms with Gasteiger partial charge >= 0.3 is 0 Å². The molecule has 0 aromatic heterocycles. The van der Waals surface area contributed by atoms with E-state index in [0.29, 0.717) is 12.1 Å². The number of benzene rings is 1. The third-order valence-electron chi connectivity index (χ3n) is 4.48. The minimum Gasteiger partial charge on any atom is -0.311 e. The van der Waals surface area contributed by atoms with Gasteiger partial charge in [0.15, 0.2) is 0 Å². The van der Waals surface area contributed by atoms with Crippen molar-refractivity contribution in [2.24, 2.45) is 0 Å². The summed E-state index contributed by atoms with van der Waals surface area (Å²) < 4.78 is 0. The Kier molecular flexibility index (Phi) is 4.87. The van der Waals surface area contributed by atoms with E-state index in [0.717, 1.165) is 13.1 Å². The van der Waals surface area contributed by atoms with Crippen molar-refractivity contribution in [1.82, 2.24) is 10.2 Å². The quantitative estimate of drug-likeness (QED) is 0.906. The summed E-state index contributed by atoms with van der Waals surface area (Å²) in [5, 5.41) is 3.62. The predicted octanol–water partition coefficient (Wildman–Crippen LogP) is 3.56. The maximum atomic E-state index is 3.62. The molecule has 1 fully saturated rings. The summed E-state index contributed by atoms with van der Waals surface area (Å²) in [4.78, 5) is 2.61. The van der Waals surface area contributed by atoms with E-state index in [1.54, 1.807) is 0 Å². The minimum atomic E-state index is 0.244. The van der Waals surface area contributed by atoms with Crippen molar-refractivity contribution in [3.63, 3.8) is 0 Å². The van der Waals surface area contributed by atoms with Crippen LogP contribution in [0.5, 0.6) is 0 Å². The first-order valence-corrected chi connectivity index (χ1v) is 7.97. The molecule has 1 heterocycles. The maximum absolute atomic E-state index is 3.62. The van der Waals surface area contributed by atoms with Crippen molar-refractivity contribution in [3.8, 4) is 0 Å². The SMILES string of the molecule is CCC1CN(Cc2ccc(C(C)(C)C)cc2)C(C)CN1. The van der Waals surface area contributed by atoms with Gasteiger partial charge in [0.2, 0.25) is 0 Å². The summed E-state index contributed by atoms with van der Waals surface area (Å²) >= 11 is 0. The summed E-state index contributed by atoms with van der Waals surface area (Å²) in [7, 11) is 0. The fourth-order valence-electron chi connectivity index (χ4n) is 2.83. The molecule has 2 unspecified atom stereocenters. The largest absolute Gasteiger partial charge is 0.311 e. The highest BCUT2D eigenvalue weighted by atomic mass is 15.2. The van der Waals surface area contributed by atoms with Crippen molar-refractivity contribution in [2.75, 3.05) is 13.1 Å². The number of hydrogen-bond acceptors (Lipinski definition) is 2. The number of nitrogens with one attached hydrogen (secondary N) is 1. The van der Waals surface area contributed by atoms with Crippen molar-refractivity contribution in [3.05, 3.63) is 35.4 Å². The topological polar surface area (TPSA) is 15.3 Å². The van der Waals surface area contributed by atoms with Gasteiger partial charge < -0.3 is 5.32 Å². The standard InChI is InChI=1S/C18H30N2/c1-6-17-13-20(14(2)11-19-17)12-15-7-9-16(10-8-15)18(3,4)5/h7-10,14,17,19H,6,11-13H2,1-5H3. The number of rotatable bonds is 3. The van der Waals surface area contributed by atoms with E-state index < -0.39 is 0 Å². The first-order chi connectivity index (χ1) is 9.40. The van der Waals surface area contributed by atoms with Crippen LogP contribution in [-0.4, -0.2) is 30.1 Å². The van der Waals surface area contributed by atoms with Gasteiger partial charge in [-0.3, -0.25) is 4.90 Å². The van der Waals surface area contributed by atoms with Crippen molar-refractivity contribution in [1.29, 1.82) is 0 Å². The molecule has 2 atom stereocenters. The highest BCUT2D eigenvalue weighted by Crippen LogP contribution is 2.23. The van der Waals surface area contributed by atoms with E-state index in [1.165, 1.54) is 24.1 Å². The van der Waals surface area contributed by atoms with Gasteiger partial charge in [0.1, 0.15) is 0 Å². The van der Waals surface area contributed by atoms with Gasteiger partial charge in [-0.05, 0) is 29.9 Å². The Morgan fingerprint density at radius 3 is 2.40 bits per heavy atom. The smallest absolute Gasteiger partial charge is 0.0237 e. The summed E-state index contributed by atoms with van der Waals surface area (Å²) in [5.41, 5.74) is 3.09. The normalized spacial score (nSPS) is 24.9. The molecule has 0 amide bonds. The molecular formula is C18H30N2. The third-order valence-corrected chi connectivity index (χ3v) is 4.48. The fraction of sp³-hybridized carbons (Fsp3) is 0.667. The van der Waals surface area contributed by atoms with Crippen LogP contribution in [0.1, 0.15) is 52.2 Å². The molecule has 1 aliphatic heterocycles. The Hall–Kier alpha value is -0.860. The summed E-state index contributed by atoms with van der Waals surface area (Å²) in [6.07, 6.45) is 1.21. The van der Waals surface area contributed by atoms with Crippen LogP contribution in [0.4, 0.5) is 0 Å². The highest BCUT2D eigenvalue weighted by Gasteiger charge is 2.23. The van der Waals surface area contributed by atoms with E-state index in [4.69, 9.17) is 0 Å². The zero-order valence-electron chi connectivity index (χ0n) is 13.7. The van der Waals surface area contributed by atoms with Crippen LogP contribution in [0.3, 0.4) is 0 Å². The Balaban J connectivity index is 2.02. The monoisotopic (exact) mass is 274 g/mol. The van der Waals surface area contributed by atoms with Crippen LogP contribution >= 0.6 is 0 Å². The molecule has 1 saturated heterocycles. The van der Waals surface area contributed by atoms with Crippen LogP contribution in [0.25, 0.3) is 0 Å². The molecule has 1 aliphatic rings. The first kappa shape index (κ1) is 15.5. The molecule has 0 radical (unpaired) electrons. The van der Waals surface area contributed by atoms with E-state index in [2.05, 4.69) is 69.1 Å². The van der Waals surface area contributed by atoms with Gasteiger partial charge in [0, 0.05) is 31.7 Å². The Morgan fingerprint density at radius 1 is 1.20 bits per heavy atom. The van der Waals surface area contributed by atoms with Crippen molar-refractivity contribution in [2.45, 2.75) is 65.1 Å². The Morgan fingerprint density at radius 2 is 1.85 bits per heavy atom. The lowest BCUT2D eigenvalue weighted by Crippen LogP contribution is -2.54. The third kappa shape index (κ3) is 3.83. The molecular weight excluding hydrogens is 244 g/mol. The summed E-state index contributed by atoms with van der Waals surface area (Å²) in [6.45, 7) is 14.7. The van der Waals surface area contributed by atoms with Gasteiger partial charge in [0.25, 0.3) is 0 Å². The van der Waals surface area contributed by atoms with Gasteiger partial charge in [-0.25, -0.2) is 0 Å². The highest BCUT2D eigenvalue weighted by molar-refractivity contribution is 5.27. The molecule has 1 aromatic rings. The number of piperazine rings is 1. The second-order valence-corrected chi connectivity index (χ2v) is 7.24. The van der Waals surface area contributed by atoms with Crippen LogP contribution in [0, 0.1) is 0 Å². The van der Waals surface area contributed by atoms with Gasteiger partial charge in [0.05, 0.1) is 0 Å². The minimum absolute atomic E-state index is 0.244. The lowest BCUT2D eigenvalue weighted by molar-refractivity contribution is 0.131. The van der Waals surface area contributed by atoms with Crippen LogP contribution < -0.4 is 5.32 Å². The maximum Gasteiger partial charge on any atom is 0.0237 e. The zero-order valence-corrected chi connectivity index (χ0v) is 13.7. The molecule has 2 nitrogen and oxygen atoms in total. The van der Waals surface area contributed by atoms with E-state index >= 15 is 0 Å². The molecule has 2 heteroatoms. The summed E-state index contributed by atoms with van der Waals surface area (Å²) in [5.74, 6) is 0. The number of nitrogens with zero attached hydrogens (tertiary/aromatic N) is 1. The van der Waals surface area contributed by atoms with Gasteiger partial charge in [-0.15, -0.1) is 0 Å². The molecule has 1 N–H and O–H groups in total. The molecule has 20 heavy (non-hydrogen) atoms. The van der Waals surface area contributed by atoms with Crippen LogP contribution in [0.2, 0.25) is 0 Å². The van der Waals surface area contributed by atoms with Gasteiger partial charge in [-0.1, -0.05) is 52.0 Å². The van der Waals surface area contributed by atoms with E-state index in [1.807, 2.05) is 0 Å². The second kappa shape index (κ2) is 6.28.